The van der Waals surface area contributed by atoms with Gasteiger partial charge in [-0.05, 0) is 79.9 Å². The number of aliphatic hydroxyl groups is 1. The van der Waals surface area contributed by atoms with Gasteiger partial charge in [-0.2, -0.15) is 0 Å². The standard InChI is InChI=1S/C25H26ClNO5S/c1-25(2,27-16-23(28)19-4-3-5-20(26)14-19)15-17-6-10-21(11-7-17)33(31,32)22-12-8-18(9-13-22)24(29)30/h3-14,23,27-28H,15-16H2,1-2H3,(H,29,30)/t23-/m0/s1. The molecule has 3 N–H and O–H groups in total. The van der Waals surface area contributed by atoms with Crippen LogP contribution in [0.5, 0.6) is 0 Å². The summed E-state index contributed by atoms with van der Waals surface area (Å²) in [6.45, 7) is 4.35. The molecule has 3 rings (SSSR count). The highest BCUT2D eigenvalue weighted by Crippen LogP contribution is 2.23. The highest BCUT2D eigenvalue weighted by Gasteiger charge is 2.22. The fourth-order valence-corrected chi connectivity index (χ4v) is 4.94. The summed E-state index contributed by atoms with van der Waals surface area (Å²) in [5, 5.41) is 23.3. The number of rotatable bonds is 9. The van der Waals surface area contributed by atoms with Crippen molar-refractivity contribution in [2.45, 2.75) is 41.7 Å². The first-order valence-corrected chi connectivity index (χ1v) is 12.2. The van der Waals surface area contributed by atoms with Crippen molar-refractivity contribution in [1.82, 2.24) is 5.32 Å². The van der Waals surface area contributed by atoms with Crippen molar-refractivity contribution >= 4 is 27.4 Å². The maximum atomic E-state index is 12.9. The lowest BCUT2D eigenvalue weighted by atomic mass is 9.94. The first kappa shape index (κ1) is 24.9. The van der Waals surface area contributed by atoms with Crippen LogP contribution in [-0.4, -0.2) is 36.7 Å². The number of halogens is 1. The molecule has 0 saturated heterocycles. The van der Waals surface area contributed by atoms with Crippen LogP contribution in [0.25, 0.3) is 0 Å². The van der Waals surface area contributed by atoms with E-state index < -0.39 is 21.9 Å². The van der Waals surface area contributed by atoms with E-state index in [1.54, 1.807) is 42.5 Å². The second-order valence-electron chi connectivity index (χ2n) is 8.49. The monoisotopic (exact) mass is 487 g/mol. The Bertz CT molecular complexity index is 1220. The Morgan fingerprint density at radius 2 is 1.58 bits per heavy atom. The molecule has 0 fully saturated rings. The van der Waals surface area contributed by atoms with Crippen molar-refractivity contribution in [3.8, 4) is 0 Å². The molecule has 0 radical (unpaired) electrons. The lowest BCUT2D eigenvalue weighted by molar-refractivity contribution is 0.0696. The van der Waals surface area contributed by atoms with E-state index in [2.05, 4.69) is 5.32 Å². The molecular weight excluding hydrogens is 462 g/mol. The zero-order valence-corrected chi connectivity index (χ0v) is 19.9. The van der Waals surface area contributed by atoms with Gasteiger partial charge in [-0.25, -0.2) is 13.2 Å². The molecule has 6 nitrogen and oxygen atoms in total. The second kappa shape index (κ2) is 10.1. The number of carboxylic acid groups (broad SMARTS) is 1. The van der Waals surface area contributed by atoms with Gasteiger partial charge in [0.25, 0.3) is 0 Å². The fourth-order valence-electron chi connectivity index (χ4n) is 3.48. The molecule has 1 atom stereocenters. The zero-order valence-electron chi connectivity index (χ0n) is 18.3. The minimum atomic E-state index is -3.75. The lowest BCUT2D eigenvalue weighted by Gasteiger charge is -2.28. The number of hydrogen-bond donors (Lipinski definition) is 3. The number of sulfone groups is 1. The number of benzene rings is 3. The van der Waals surface area contributed by atoms with E-state index in [0.29, 0.717) is 18.0 Å². The Hall–Kier alpha value is -2.71. The van der Waals surface area contributed by atoms with Crippen LogP contribution in [0.3, 0.4) is 0 Å². The molecule has 0 heterocycles. The predicted octanol–water partition coefficient (Wildman–Crippen LogP) is 4.52. The van der Waals surface area contributed by atoms with Gasteiger partial charge >= 0.3 is 5.97 Å². The summed E-state index contributed by atoms with van der Waals surface area (Å²) in [5.41, 5.74) is 1.34. The number of aromatic carboxylic acids is 1. The van der Waals surface area contributed by atoms with Gasteiger partial charge in [0.05, 0.1) is 21.5 Å². The molecule has 0 aliphatic carbocycles. The fraction of sp³-hybridized carbons (Fsp3) is 0.240. The predicted molar refractivity (Wildman–Crippen MR) is 127 cm³/mol. The molecule has 174 valence electrons. The highest BCUT2D eigenvalue weighted by atomic mass is 35.5. The van der Waals surface area contributed by atoms with E-state index in [1.165, 1.54) is 24.3 Å². The van der Waals surface area contributed by atoms with E-state index in [4.69, 9.17) is 16.7 Å². The van der Waals surface area contributed by atoms with Gasteiger partial charge in [0, 0.05) is 17.1 Å². The summed E-state index contributed by atoms with van der Waals surface area (Å²) < 4.78 is 25.7. The first-order valence-electron chi connectivity index (χ1n) is 10.3. The molecule has 0 aromatic heterocycles. The smallest absolute Gasteiger partial charge is 0.335 e. The van der Waals surface area contributed by atoms with Crippen molar-refractivity contribution in [2.75, 3.05) is 6.54 Å². The largest absolute Gasteiger partial charge is 0.478 e. The average molecular weight is 488 g/mol. The van der Waals surface area contributed by atoms with Crippen molar-refractivity contribution < 1.29 is 23.4 Å². The molecule has 33 heavy (non-hydrogen) atoms. The minimum absolute atomic E-state index is 0.0273. The van der Waals surface area contributed by atoms with Crippen molar-refractivity contribution in [3.05, 3.63) is 94.5 Å². The number of nitrogens with one attached hydrogen (secondary N) is 1. The summed E-state index contributed by atoms with van der Waals surface area (Å²) in [5.74, 6) is -1.11. The zero-order chi connectivity index (χ0) is 24.2. The normalized spacial score (nSPS) is 13.0. The summed E-state index contributed by atoms with van der Waals surface area (Å²) in [7, 11) is -3.75. The van der Waals surface area contributed by atoms with E-state index in [1.807, 2.05) is 19.9 Å². The molecule has 0 saturated carbocycles. The highest BCUT2D eigenvalue weighted by molar-refractivity contribution is 7.91. The van der Waals surface area contributed by atoms with Crippen LogP contribution in [0.2, 0.25) is 5.02 Å². The van der Waals surface area contributed by atoms with Gasteiger partial charge in [-0.1, -0.05) is 35.9 Å². The van der Waals surface area contributed by atoms with Crippen LogP contribution < -0.4 is 5.32 Å². The van der Waals surface area contributed by atoms with Crippen LogP contribution in [0.15, 0.2) is 82.6 Å². The van der Waals surface area contributed by atoms with E-state index in [9.17, 15) is 18.3 Å². The Kier molecular flexibility index (Phi) is 7.59. The number of aliphatic hydroxyl groups excluding tert-OH is 1. The molecule has 0 aliphatic heterocycles. The Labute approximate surface area is 198 Å². The molecule has 0 amide bonds. The van der Waals surface area contributed by atoms with Crippen molar-refractivity contribution in [3.63, 3.8) is 0 Å². The van der Waals surface area contributed by atoms with Crippen molar-refractivity contribution in [1.29, 1.82) is 0 Å². The Morgan fingerprint density at radius 3 is 2.12 bits per heavy atom. The van der Waals surface area contributed by atoms with Gasteiger partial charge in [0.15, 0.2) is 0 Å². The third-order valence-electron chi connectivity index (χ3n) is 5.30. The van der Waals surface area contributed by atoms with E-state index in [0.717, 1.165) is 11.1 Å². The quantitative estimate of drug-likeness (QED) is 0.410. The Morgan fingerprint density at radius 1 is 1.00 bits per heavy atom. The van der Waals surface area contributed by atoms with Crippen LogP contribution in [0, 0.1) is 0 Å². The van der Waals surface area contributed by atoms with Gasteiger partial charge in [0.1, 0.15) is 0 Å². The molecule has 0 bridgehead atoms. The van der Waals surface area contributed by atoms with E-state index in [-0.39, 0.29) is 20.9 Å². The molecule has 0 aliphatic rings. The summed E-state index contributed by atoms with van der Waals surface area (Å²) in [6.07, 6.45) is -0.0916. The minimum Gasteiger partial charge on any atom is -0.478 e. The van der Waals surface area contributed by atoms with Gasteiger partial charge in [-0.15, -0.1) is 0 Å². The summed E-state index contributed by atoms with van der Waals surface area (Å²) in [6, 6.07) is 18.9. The van der Waals surface area contributed by atoms with Gasteiger partial charge in [0.2, 0.25) is 9.84 Å². The second-order valence-corrected chi connectivity index (χ2v) is 10.9. The molecule has 3 aromatic rings. The first-order chi connectivity index (χ1) is 15.5. The Balaban J connectivity index is 1.65. The lowest BCUT2D eigenvalue weighted by Crippen LogP contribution is -2.43. The molecule has 0 unspecified atom stereocenters. The number of hydrogen-bond acceptors (Lipinski definition) is 5. The third-order valence-corrected chi connectivity index (χ3v) is 7.32. The van der Waals surface area contributed by atoms with Crippen molar-refractivity contribution in [2.24, 2.45) is 0 Å². The maximum absolute atomic E-state index is 12.9. The van der Waals surface area contributed by atoms with Gasteiger partial charge in [-0.3, -0.25) is 0 Å². The molecule has 3 aromatic carbocycles. The topological polar surface area (TPSA) is 104 Å². The molecular formula is C25H26ClNO5S. The van der Waals surface area contributed by atoms with Crippen LogP contribution in [-0.2, 0) is 16.3 Å². The number of β-amino-alcohol motifs (C(OH)–C–C–N with tert-alkyl or cyclic N) is 1. The summed E-state index contributed by atoms with van der Waals surface area (Å²) >= 11 is 5.99. The SMILES string of the molecule is CC(C)(Cc1ccc(S(=O)(=O)c2ccc(C(=O)O)cc2)cc1)NC[C@H](O)c1cccc(Cl)c1. The average Bonchev–Trinajstić information content (AvgIpc) is 2.77. The van der Waals surface area contributed by atoms with Gasteiger partial charge < -0.3 is 15.5 Å². The maximum Gasteiger partial charge on any atom is 0.335 e. The number of carboxylic acids is 1. The van der Waals surface area contributed by atoms with E-state index >= 15 is 0 Å². The number of carbonyl (C=O) groups is 1. The van der Waals surface area contributed by atoms with Crippen LogP contribution >= 0.6 is 11.6 Å². The molecule has 0 spiro atoms. The van der Waals surface area contributed by atoms with Crippen LogP contribution in [0.4, 0.5) is 0 Å². The molecule has 8 heteroatoms. The third kappa shape index (κ3) is 6.42. The summed E-state index contributed by atoms with van der Waals surface area (Å²) in [4.78, 5) is 11.2. The van der Waals surface area contributed by atoms with Crippen LogP contribution in [0.1, 0.15) is 41.4 Å².